The monoisotopic (exact) mass is 412 g/mol. The van der Waals surface area contributed by atoms with E-state index in [4.69, 9.17) is 0 Å². The van der Waals surface area contributed by atoms with E-state index in [9.17, 15) is 19.5 Å². The minimum absolute atomic E-state index is 0.247. The van der Waals surface area contributed by atoms with Crippen molar-refractivity contribution in [1.29, 1.82) is 0 Å². The topological polar surface area (TPSA) is 71.4 Å². The molecule has 4 rings (SSSR count). The molecular formula is C27H24O4. The molecule has 156 valence electrons. The molecule has 1 N–H and O–H groups in total. The van der Waals surface area contributed by atoms with E-state index in [-0.39, 0.29) is 23.8 Å². The SMILES string of the molecule is C[C@]1(O)CC(=O)[C@H](C(=O)c2ccccc2)[C@H](c2ccccc2)[C@@H]1C(=O)c1ccccc1. The second-order valence-electron chi connectivity index (χ2n) is 8.35. The summed E-state index contributed by atoms with van der Waals surface area (Å²) < 4.78 is 0. The Morgan fingerprint density at radius 3 is 1.74 bits per heavy atom. The van der Waals surface area contributed by atoms with Gasteiger partial charge in [-0.25, -0.2) is 0 Å². The van der Waals surface area contributed by atoms with Crippen molar-refractivity contribution in [3.63, 3.8) is 0 Å². The van der Waals surface area contributed by atoms with E-state index < -0.39 is 23.4 Å². The molecule has 0 aliphatic heterocycles. The van der Waals surface area contributed by atoms with Crippen LogP contribution in [0.25, 0.3) is 0 Å². The molecular weight excluding hydrogens is 388 g/mol. The lowest BCUT2D eigenvalue weighted by Gasteiger charge is -2.45. The first-order valence-corrected chi connectivity index (χ1v) is 10.4. The van der Waals surface area contributed by atoms with E-state index >= 15 is 0 Å². The fourth-order valence-electron chi connectivity index (χ4n) is 4.73. The molecule has 4 heteroatoms. The highest BCUT2D eigenvalue weighted by Gasteiger charge is 2.55. The highest BCUT2D eigenvalue weighted by molar-refractivity contribution is 6.13. The lowest BCUT2D eigenvalue weighted by Crippen LogP contribution is -2.54. The first kappa shape index (κ1) is 20.9. The van der Waals surface area contributed by atoms with Crippen LogP contribution in [0.15, 0.2) is 91.0 Å². The van der Waals surface area contributed by atoms with Gasteiger partial charge in [0.25, 0.3) is 0 Å². The Hall–Kier alpha value is -3.37. The Balaban J connectivity index is 1.87. The van der Waals surface area contributed by atoms with Gasteiger partial charge in [-0.2, -0.15) is 0 Å². The second-order valence-corrected chi connectivity index (χ2v) is 8.35. The lowest BCUT2D eigenvalue weighted by molar-refractivity contribution is -0.134. The maximum atomic E-state index is 13.6. The summed E-state index contributed by atoms with van der Waals surface area (Å²) in [6.45, 7) is 1.52. The largest absolute Gasteiger partial charge is 0.389 e. The number of carbonyl (C=O) groups excluding carboxylic acids is 3. The summed E-state index contributed by atoms with van der Waals surface area (Å²) in [5, 5.41) is 11.3. The van der Waals surface area contributed by atoms with E-state index in [1.165, 1.54) is 6.92 Å². The molecule has 0 heterocycles. The van der Waals surface area contributed by atoms with Gasteiger partial charge < -0.3 is 5.11 Å². The average molecular weight is 412 g/mol. The van der Waals surface area contributed by atoms with Crippen molar-refractivity contribution in [2.45, 2.75) is 24.9 Å². The number of benzene rings is 3. The van der Waals surface area contributed by atoms with Crippen LogP contribution in [0.5, 0.6) is 0 Å². The summed E-state index contributed by atoms with van der Waals surface area (Å²) in [6, 6.07) is 26.5. The minimum Gasteiger partial charge on any atom is -0.389 e. The molecule has 3 aromatic carbocycles. The predicted octanol–water partition coefficient (Wildman–Crippen LogP) is 4.49. The second kappa shape index (κ2) is 8.40. The third-order valence-electron chi connectivity index (χ3n) is 6.13. The molecule has 1 aliphatic carbocycles. The number of rotatable bonds is 5. The molecule has 0 radical (unpaired) electrons. The number of Topliss-reactive ketones (excluding diaryl/α,β-unsaturated/α-hetero) is 3. The molecule has 0 aromatic heterocycles. The quantitative estimate of drug-likeness (QED) is 0.495. The molecule has 0 saturated heterocycles. The first-order chi connectivity index (χ1) is 14.9. The standard InChI is InChI=1S/C27H24O4/c1-27(31)17-21(28)23(25(29)19-13-7-3-8-14-19)22(18-11-5-2-6-12-18)24(27)26(30)20-15-9-4-10-16-20/h2-16,22-24,31H,17H2,1H3/t22-,23-,24+,27-/m0/s1. The van der Waals surface area contributed by atoms with E-state index in [0.717, 1.165) is 0 Å². The van der Waals surface area contributed by atoms with Gasteiger partial charge in [0.2, 0.25) is 0 Å². The molecule has 0 amide bonds. The Kier molecular flexibility index (Phi) is 5.66. The van der Waals surface area contributed by atoms with Crippen molar-refractivity contribution in [3.8, 4) is 0 Å². The van der Waals surface area contributed by atoms with Crippen LogP contribution in [0, 0.1) is 11.8 Å². The molecule has 0 bridgehead atoms. The van der Waals surface area contributed by atoms with Gasteiger partial charge in [0, 0.05) is 23.5 Å². The molecule has 4 atom stereocenters. The maximum Gasteiger partial charge on any atom is 0.173 e. The third kappa shape index (κ3) is 3.99. The first-order valence-electron chi connectivity index (χ1n) is 10.4. The van der Waals surface area contributed by atoms with Gasteiger partial charge >= 0.3 is 0 Å². The van der Waals surface area contributed by atoms with E-state index in [1.807, 2.05) is 36.4 Å². The van der Waals surface area contributed by atoms with Gasteiger partial charge in [-0.1, -0.05) is 91.0 Å². The van der Waals surface area contributed by atoms with Crippen molar-refractivity contribution in [2.75, 3.05) is 0 Å². The number of ketones is 3. The van der Waals surface area contributed by atoms with Gasteiger partial charge in [0.15, 0.2) is 11.6 Å². The Bertz CT molecular complexity index is 1090. The lowest BCUT2D eigenvalue weighted by atomic mass is 9.58. The summed E-state index contributed by atoms with van der Waals surface area (Å²) in [7, 11) is 0. The molecule has 1 aliphatic rings. The summed E-state index contributed by atoms with van der Waals surface area (Å²) in [4.78, 5) is 40.3. The van der Waals surface area contributed by atoms with Crippen LogP contribution < -0.4 is 0 Å². The highest BCUT2D eigenvalue weighted by Crippen LogP contribution is 2.48. The van der Waals surface area contributed by atoms with Gasteiger partial charge in [0.05, 0.1) is 17.4 Å². The number of hydrogen-bond acceptors (Lipinski definition) is 4. The van der Waals surface area contributed by atoms with Crippen LogP contribution in [0.2, 0.25) is 0 Å². The third-order valence-corrected chi connectivity index (χ3v) is 6.13. The Morgan fingerprint density at radius 2 is 1.23 bits per heavy atom. The molecule has 1 saturated carbocycles. The van der Waals surface area contributed by atoms with Gasteiger partial charge in [-0.15, -0.1) is 0 Å². The fraction of sp³-hybridized carbons (Fsp3) is 0.222. The maximum absolute atomic E-state index is 13.6. The zero-order valence-corrected chi connectivity index (χ0v) is 17.3. The number of carbonyl (C=O) groups is 3. The Morgan fingerprint density at radius 1 is 0.774 bits per heavy atom. The summed E-state index contributed by atoms with van der Waals surface area (Å²) >= 11 is 0. The summed E-state index contributed by atoms with van der Waals surface area (Å²) in [6.07, 6.45) is -0.247. The molecule has 0 unspecified atom stereocenters. The van der Waals surface area contributed by atoms with E-state index in [0.29, 0.717) is 16.7 Å². The molecule has 4 nitrogen and oxygen atoms in total. The minimum atomic E-state index is -1.57. The molecule has 1 fully saturated rings. The zero-order chi connectivity index (χ0) is 22.0. The van der Waals surface area contributed by atoms with Crippen molar-refractivity contribution in [2.24, 2.45) is 11.8 Å². The van der Waals surface area contributed by atoms with Crippen LogP contribution in [0.4, 0.5) is 0 Å². The highest BCUT2D eigenvalue weighted by atomic mass is 16.3. The van der Waals surface area contributed by atoms with Crippen LogP contribution in [0.1, 0.15) is 45.5 Å². The smallest absolute Gasteiger partial charge is 0.173 e. The predicted molar refractivity (Wildman–Crippen MR) is 118 cm³/mol. The normalized spacial score (nSPS) is 25.7. The van der Waals surface area contributed by atoms with Crippen LogP contribution in [-0.2, 0) is 4.79 Å². The van der Waals surface area contributed by atoms with Gasteiger partial charge in [-0.3, -0.25) is 14.4 Å². The molecule has 0 spiro atoms. The zero-order valence-electron chi connectivity index (χ0n) is 17.3. The summed E-state index contributed by atoms with van der Waals surface area (Å²) in [5.74, 6) is -3.67. The fourth-order valence-corrected chi connectivity index (χ4v) is 4.73. The Labute approximate surface area is 181 Å². The van der Waals surface area contributed by atoms with Crippen molar-refractivity contribution < 1.29 is 19.5 Å². The van der Waals surface area contributed by atoms with Crippen molar-refractivity contribution in [3.05, 3.63) is 108 Å². The number of aliphatic hydroxyl groups is 1. The van der Waals surface area contributed by atoms with Crippen molar-refractivity contribution in [1.82, 2.24) is 0 Å². The molecule has 3 aromatic rings. The number of hydrogen-bond donors (Lipinski definition) is 1. The summed E-state index contributed by atoms with van der Waals surface area (Å²) in [5.41, 5.74) is 0.000395. The van der Waals surface area contributed by atoms with Gasteiger partial charge in [0.1, 0.15) is 5.78 Å². The van der Waals surface area contributed by atoms with Crippen LogP contribution in [0.3, 0.4) is 0 Å². The van der Waals surface area contributed by atoms with E-state index in [2.05, 4.69) is 0 Å². The van der Waals surface area contributed by atoms with Gasteiger partial charge in [-0.05, 0) is 12.5 Å². The average Bonchev–Trinajstić information content (AvgIpc) is 2.79. The van der Waals surface area contributed by atoms with Crippen LogP contribution in [-0.4, -0.2) is 28.1 Å². The molecule has 31 heavy (non-hydrogen) atoms. The van der Waals surface area contributed by atoms with Crippen LogP contribution >= 0.6 is 0 Å². The van der Waals surface area contributed by atoms with Crippen molar-refractivity contribution >= 4 is 17.3 Å². The van der Waals surface area contributed by atoms with E-state index in [1.54, 1.807) is 54.6 Å².